The standard InChI is InChI=1S/C36H79N3O3Si/c1-10-26-37(27-11-2)32-19-22-36(23-20-33-38(28-12-3)29-13-4,24-21-34-39(30-14-5)31-15-6)25-35-43(40-16-7,41-17-8)42-18-9/h10-35H2,1-9H3. The lowest BCUT2D eigenvalue weighted by Gasteiger charge is -2.39. The van der Waals surface area contributed by atoms with Crippen molar-refractivity contribution in [3.63, 3.8) is 0 Å². The van der Waals surface area contributed by atoms with Crippen molar-refractivity contribution in [3.8, 4) is 0 Å². The lowest BCUT2D eigenvalue weighted by Crippen LogP contribution is -2.47. The summed E-state index contributed by atoms with van der Waals surface area (Å²) in [6.45, 7) is 33.2. The van der Waals surface area contributed by atoms with Crippen LogP contribution in [0.2, 0.25) is 6.04 Å². The fourth-order valence-corrected chi connectivity index (χ4v) is 9.95. The van der Waals surface area contributed by atoms with E-state index in [1.807, 2.05) is 0 Å². The average Bonchev–Trinajstić information content (AvgIpc) is 2.97. The van der Waals surface area contributed by atoms with Crippen LogP contribution in [0, 0.1) is 5.41 Å². The van der Waals surface area contributed by atoms with Gasteiger partial charge in [-0.05, 0) is 169 Å². The van der Waals surface area contributed by atoms with Gasteiger partial charge in [0.25, 0.3) is 0 Å². The largest absolute Gasteiger partial charge is 0.500 e. The predicted octanol–water partition coefficient (Wildman–Crippen LogP) is 9.12. The van der Waals surface area contributed by atoms with Crippen LogP contribution in [-0.4, -0.2) is 102 Å². The fraction of sp³-hybridized carbons (Fsp3) is 1.00. The van der Waals surface area contributed by atoms with Crippen LogP contribution in [0.3, 0.4) is 0 Å². The van der Waals surface area contributed by atoms with E-state index in [9.17, 15) is 0 Å². The van der Waals surface area contributed by atoms with Crippen LogP contribution in [0.15, 0.2) is 0 Å². The van der Waals surface area contributed by atoms with Crippen molar-refractivity contribution in [1.82, 2.24) is 14.7 Å². The normalized spacial score (nSPS) is 12.8. The van der Waals surface area contributed by atoms with E-state index in [0.29, 0.717) is 25.2 Å². The van der Waals surface area contributed by atoms with Crippen LogP contribution in [0.1, 0.15) is 146 Å². The van der Waals surface area contributed by atoms with Crippen LogP contribution >= 0.6 is 0 Å². The third-order valence-corrected chi connectivity index (χ3v) is 11.9. The molecular weight excluding hydrogens is 551 g/mol. The maximum Gasteiger partial charge on any atom is 0.500 e. The van der Waals surface area contributed by atoms with E-state index in [4.69, 9.17) is 13.3 Å². The zero-order valence-electron chi connectivity index (χ0n) is 31.0. The minimum atomic E-state index is -2.70. The van der Waals surface area contributed by atoms with Gasteiger partial charge in [-0.2, -0.15) is 0 Å². The summed E-state index contributed by atoms with van der Waals surface area (Å²) in [4.78, 5) is 8.12. The Morgan fingerprint density at radius 2 is 0.674 bits per heavy atom. The third-order valence-electron chi connectivity index (χ3n) is 8.84. The molecule has 0 aromatic carbocycles. The van der Waals surface area contributed by atoms with Gasteiger partial charge in [-0.25, -0.2) is 0 Å². The van der Waals surface area contributed by atoms with Crippen molar-refractivity contribution in [3.05, 3.63) is 0 Å². The molecule has 0 bridgehead atoms. The number of rotatable bonds is 33. The first-order valence-corrected chi connectivity index (χ1v) is 20.9. The lowest BCUT2D eigenvalue weighted by atomic mass is 9.73. The topological polar surface area (TPSA) is 37.4 Å². The minimum Gasteiger partial charge on any atom is -0.374 e. The van der Waals surface area contributed by atoms with Gasteiger partial charge in [0.2, 0.25) is 0 Å². The van der Waals surface area contributed by atoms with Gasteiger partial charge in [0.1, 0.15) is 0 Å². The smallest absolute Gasteiger partial charge is 0.374 e. The van der Waals surface area contributed by atoms with E-state index in [2.05, 4.69) is 77.0 Å². The van der Waals surface area contributed by atoms with Crippen molar-refractivity contribution < 1.29 is 13.3 Å². The van der Waals surface area contributed by atoms with Gasteiger partial charge in [0.05, 0.1) is 0 Å². The lowest BCUT2D eigenvalue weighted by molar-refractivity contribution is 0.0630. The molecule has 0 aliphatic heterocycles. The zero-order chi connectivity index (χ0) is 32.2. The first-order chi connectivity index (χ1) is 20.9. The monoisotopic (exact) mass is 630 g/mol. The minimum absolute atomic E-state index is 0.307. The van der Waals surface area contributed by atoms with Crippen LogP contribution in [0.4, 0.5) is 0 Å². The first-order valence-electron chi connectivity index (χ1n) is 19.0. The van der Waals surface area contributed by atoms with Crippen LogP contribution in [0.5, 0.6) is 0 Å². The molecule has 0 fully saturated rings. The Balaban J connectivity index is 6.15. The molecule has 0 atom stereocenters. The number of hydrogen-bond donors (Lipinski definition) is 0. The summed E-state index contributed by atoms with van der Waals surface area (Å²) in [6, 6.07) is 0.942. The highest BCUT2D eigenvalue weighted by molar-refractivity contribution is 6.60. The van der Waals surface area contributed by atoms with E-state index in [0.717, 1.165) is 12.5 Å². The fourth-order valence-electron chi connectivity index (χ4n) is 7.11. The van der Waals surface area contributed by atoms with Gasteiger partial charge >= 0.3 is 8.80 Å². The summed E-state index contributed by atoms with van der Waals surface area (Å²) in [5, 5.41) is 0. The van der Waals surface area contributed by atoms with Gasteiger partial charge < -0.3 is 28.0 Å². The van der Waals surface area contributed by atoms with Gasteiger partial charge in [-0.3, -0.25) is 0 Å². The summed E-state index contributed by atoms with van der Waals surface area (Å²) in [6.07, 6.45) is 16.4. The summed E-state index contributed by atoms with van der Waals surface area (Å²) in [7, 11) is -2.70. The molecule has 0 N–H and O–H groups in total. The number of hydrogen-bond acceptors (Lipinski definition) is 6. The second-order valence-corrected chi connectivity index (χ2v) is 15.5. The Hall–Kier alpha value is -0.0231. The molecule has 43 heavy (non-hydrogen) atoms. The molecule has 0 saturated carbocycles. The highest BCUT2D eigenvalue weighted by Crippen LogP contribution is 2.42. The molecule has 7 heteroatoms. The second kappa shape index (κ2) is 28.2. The predicted molar refractivity (Wildman–Crippen MR) is 191 cm³/mol. The second-order valence-electron chi connectivity index (χ2n) is 12.8. The highest BCUT2D eigenvalue weighted by atomic mass is 28.4. The van der Waals surface area contributed by atoms with Crippen molar-refractivity contribution in [2.24, 2.45) is 5.41 Å². The molecule has 0 aliphatic rings. The van der Waals surface area contributed by atoms with E-state index < -0.39 is 8.80 Å². The Labute approximate surface area is 272 Å². The molecule has 0 aromatic heterocycles. The van der Waals surface area contributed by atoms with E-state index in [1.165, 1.54) is 136 Å². The van der Waals surface area contributed by atoms with Gasteiger partial charge in [-0.1, -0.05) is 41.5 Å². The molecule has 0 aliphatic carbocycles. The molecule has 0 aromatic rings. The molecule has 260 valence electrons. The maximum atomic E-state index is 6.40. The molecule has 0 rings (SSSR count). The molecule has 6 nitrogen and oxygen atoms in total. The van der Waals surface area contributed by atoms with Crippen molar-refractivity contribution >= 4 is 8.80 Å². The van der Waals surface area contributed by atoms with Crippen LogP contribution in [0.25, 0.3) is 0 Å². The average molecular weight is 630 g/mol. The Bertz CT molecular complexity index is 508. The van der Waals surface area contributed by atoms with Crippen molar-refractivity contribution in [2.45, 2.75) is 152 Å². The zero-order valence-corrected chi connectivity index (χ0v) is 32.0. The highest BCUT2D eigenvalue weighted by Gasteiger charge is 2.43. The Morgan fingerprint density at radius 1 is 0.395 bits per heavy atom. The molecule has 0 spiro atoms. The summed E-state index contributed by atoms with van der Waals surface area (Å²) >= 11 is 0. The number of nitrogens with zero attached hydrogens (tertiary/aromatic N) is 3. The van der Waals surface area contributed by atoms with Gasteiger partial charge in [0.15, 0.2) is 0 Å². The third kappa shape index (κ3) is 20.0. The maximum absolute atomic E-state index is 6.40. The quantitative estimate of drug-likeness (QED) is 0.0674. The van der Waals surface area contributed by atoms with Crippen molar-refractivity contribution in [2.75, 3.05) is 78.7 Å². The van der Waals surface area contributed by atoms with Gasteiger partial charge in [0, 0.05) is 25.9 Å². The SMILES string of the molecule is CCCN(CCC)CCCC(CCCN(CCC)CCC)(CCCN(CCC)CCC)CC[Si](OCC)(OCC)OCC. The van der Waals surface area contributed by atoms with E-state index in [-0.39, 0.29) is 0 Å². The van der Waals surface area contributed by atoms with Crippen molar-refractivity contribution in [1.29, 1.82) is 0 Å². The van der Waals surface area contributed by atoms with E-state index in [1.54, 1.807) is 0 Å². The molecule has 0 radical (unpaired) electrons. The Morgan fingerprint density at radius 3 is 0.907 bits per heavy atom. The van der Waals surface area contributed by atoms with E-state index >= 15 is 0 Å². The van der Waals surface area contributed by atoms with Crippen LogP contribution in [-0.2, 0) is 13.3 Å². The summed E-state index contributed by atoms with van der Waals surface area (Å²) < 4.78 is 19.2. The first kappa shape index (κ1) is 43.0. The Kier molecular flexibility index (Phi) is 28.2. The molecule has 0 saturated heterocycles. The van der Waals surface area contributed by atoms with Crippen LogP contribution < -0.4 is 0 Å². The molecule has 0 amide bonds. The summed E-state index contributed by atoms with van der Waals surface area (Å²) in [5.41, 5.74) is 0.307. The molecule has 0 unspecified atom stereocenters. The van der Waals surface area contributed by atoms with Gasteiger partial charge in [-0.15, -0.1) is 0 Å². The molecule has 0 heterocycles. The molecular formula is C36H79N3O3Si. The summed E-state index contributed by atoms with van der Waals surface area (Å²) in [5.74, 6) is 0.